The molecule has 0 fully saturated rings. The third kappa shape index (κ3) is 7.30. The fraction of sp³-hybridized carbons (Fsp3) is 0. The summed E-state index contributed by atoms with van der Waals surface area (Å²) in [6.07, 6.45) is 0. The number of nitrogens with one attached hydrogen (secondary N) is 1. The quantitative estimate of drug-likeness (QED) is 0.0976. The molecule has 0 atom stereocenters. The van der Waals surface area contributed by atoms with Crippen molar-refractivity contribution in [1.29, 1.82) is 5.26 Å². The summed E-state index contributed by atoms with van der Waals surface area (Å²) in [5, 5.41) is 19.3. The Morgan fingerprint density at radius 1 is 0.809 bits per heavy atom. The van der Waals surface area contributed by atoms with Gasteiger partial charge in [-0.1, -0.05) is 23.5 Å². The molecule has 0 aliphatic carbocycles. The SMILES string of the molecule is N#Cc1c(N)sc(N=Nc2cc(S(=O)(=O)O)c3cc(S(=O)(=O)O)cc(S(=O)(=O)O)c3c2)c1-c1ccc(Nc2nc(Cl)nc(Cl)n2)cc1. The molecule has 0 saturated heterocycles. The number of azo groups is 1. The molecule has 0 unspecified atom stereocenters. The van der Waals surface area contributed by atoms with Crippen molar-refractivity contribution in [3.8, 4) is 17.2 Å². The molecule has 0 bridgehead atoms. The largest absolute Gasteiger partial charge is 0.389 e. The van der Waals surface area contributed by atoms with Gasteiger partial charge in [-0.05, 0) is 65.2 Å². The van der Waals surface area contributed by atoms with Gasteiger partial charge in [-0.2, -0.15) is 45.5 Å². The molecular weight excluding hydrogens is 743 g/mol. The van der Waals surface area contributed by atoms with Gasteiger partial charge in [0.15, 0.2) is 0 Å². The zero-order valence-corrected chi connectivity index (χ0v) is 27.3. The van der Waals surface area contributed by atoms with Crippen molar-refractivity contribution in [2.24, 2.45) is 10.2 Å². The smallest absolute Gasteiger partial charge is 0.295 e. The van der Waals surface area contributed by atoms with Crippen LogP contribution in [0.5, 0.6) is 0 Å². The number of hydrogen-bond donors (Lipinski definition) is 5. The van der Waals surface area contributed by atoms with Gasteiger partial charge < -0.3 is 11.1 Å². The van der Waals surface area contributed by atoms with E-state index in [-0.39, 0.29) is 43.3 Å². The maximum Gasteiger partial charge on any atom is 0.295 e. The van der Waals surface area contributed by atoms with Crippen LogP contribution in [-0.4, -0.2) is 53.9 Å². The van der Waals surface area contributed by atoms with Crippen molar-refractivity contribution in [1.82, 2.24) is 15.0 Å². The Hall–Kier alpha value is -4.37. The van der Waals surface area contributed by atoms with Gasteiger partial charge in [-0.3, -0.25) is 13.7 Å². The monoisotopic (exact) mass is 756 g/mol. The number of aromatic nitrogens is 3. The lowest BCUT2D eigenvalue weighted by Crippen LogP contribution is -2.07. The third-order valence-corrected chi connectivity index (χ3v) is 9.96. The van der Waals surface area contributed by atoms with Gasteiger partial charge in [0.2, 0.25) is 16.5 Å². The number of nitrogens with zero attached hydrogens (tertiary/aromatic N) is 6. The highest BCUT2D eigenvalue weighted by molar-refractivity contribution is 7.87. The summed E-state index contributed by atoms with van der Waals surface area (Å²) in [7, 11) is -15.5. The van der Waals surface area contributed by atoms with E-state index in [9.17, 15) is 44.2 Å². The highest BCUT2D eigenvalue weighted by atomic mass is 35.5. The van der Waals surface area contributed by atoms with Gasteiger partial charge >= 0.3 is 0 Å². The zero-order chi connectivity index (χ0) is 34.5. The molecule has 0 aliphatic rings. The van der Waals surface area contributed by atoms with E-state index in [1.807, 2.05) is 6.07 Å². The van der Waals surface area contributed by atoms with Gasteiger partial charge in [0, 0.05) is 22.0 Å². The molecule has 0 amide bonds. The van der Waals surface area contributed by atoms with Crippen LogP contribution in [-0.2, 0) is 30.4 Å². The maximum absolute atomic E-state index is 12.3. The number of anilines is 3. The molecule has 0 spiro atoms. The fourth-order valence-electron chi connectivity index (χ4n) is 4.21. The van der Waals surface area contributed by atoms with E-state index >= 15 is 0 Å². The van der Waals surface area contributed by atoms with Crippen LogP contribution in [0.15, 0.2) is 73.4 Å². The molecule has 5 rings (SSSR count). The minimum atomic E-state index is -5.24. The first kappa shape index (κ1) is 34.0. The number of nitriles is 1. The molecule has 17 nitrogen and oxygen atoms in total. The Balaban J connectivity index is 1.62. The van der Waals surface area contributed by atoms with Crippen LogP contribution in [0.3, 0.4) is 0 Å². The van der Waals surface area contributed by atoms with Crippen LogP contribution in [0.25, 0.3) is 21.9 Å². The summed E-state index contributed by atoms with van der Waals surface area (Å²) in [6, 6.07) is 11.0. The van der Waals surface area contributed by atoms with E-state index in [0.717, 1.165) is 23.5 Å². The summed E-state index contributed by atoms with van der Waals surface area (Å²) in [4.78, 5) is 8.25. The predicted molar refractivity (Wildman–Crippen MR) is 170 cm³/mol. The number of benzene rings is 3. The molecule has 5 aromatic rings. The van der Waals surface area contributed by atoms with Crippen LogP contribution in [0, 0.1) is 11.3 Å². The van der Waals surface area contributed by atoms with Gasteiger partial charge in [0.1, 0.15) is 25.9 Å². The highest BCUT2D eigenvalue weighted by Crippen LogP contribution is 2.45. The normalized spacial score (nSPS) is 12.4. The summed E-state index contributed by atoms with van der Waals surface area (Å²) in [5.41, 5.74) is 6.84. The van der Waals surface area contributed by atoms with E-state index in [4.69, 9.17) is 28.9 Å². The zero-order valence-electron chi connectivity index (χ0n) is 22.6. The average molecular weight is 758 g/mol. The molecule has 3 aromatic carbocycles. The lowest BCUT2D eigenvalue weighted by molar-refractivity contribution is 0.478. The standard InChI is InChI=1S/C24H14Cl2N8O9S4/c25-22-30-23(26)32-24(31-22)29-11-3-1-10(2-4-11)19-16(9-27)20(28)44-21(19)34-33-12-5-14-15(17(6-12)46(38,39)40)7-13(45(35,36)37)8-18(14)47(41,42)43/h1-8H,28H2,(H,35,36,37)(H,38,39,40)(H,41,42,43)(H,29,30,31,32). The predicted octanol–water partition coefficient (Wildman–Crippen LogP) is 5.41. The van der Waals surface area contributed by atoms with Crippen molar-refractivity contribution in [2.75, 3.05) is 11.1 Å². The molecule has 47 heavy (non-hydrogen) atoms. The van der Waals surface area contributed by atoms with Crippen LogP contribution >= 0.6 is 34.5 Å². The minimum Gasteiger partial charge on any atom is -0.389 e. The number of halogens is 2. The molecule has 6 N–H and O–H groups in total. The van der Waals surface area contributed by atoms with E-state index in [0.29, 0.717) is 23.4 Å². The molecular formula is C24H14Cl2N8O9S4. The Morgan fingerprint density at radius 3 is 1.94 bits per heavy atom. The lowest BCUT2D eigenvalue weighted by Gasteiger charge is -2.11. The molecule has 242 valence electrons. The molecule has 2 heterocycles. The number of nitrogen functional groups attached to an aromatic ring is 1. The van der Waals surface area contributed by atoms with E-state index in [1.54, 1.807) is 24.3 Å². The Labute approximate surface area is 278 Å². The number of fused-ring (bicyclic) bond motifs is 1. The van der Waals surface area contributed by atoms with Crippen molar-refractivity contribution >= 4 is 103 Å². The lowest BCUT2D eigenvalue weighted by atomic mass is 10.0. The number of rotatable bonds is 8. The molecule has 0 radical (unpaired) electrons. The molecule has 23 heteroatoms. The van der Waals surface area contributed by atoms with Crippen LogP contribution in [0.1, 0.15) is 5.56 Å². The summed E-state index contributed by atoms with van der Waals surface area (Å²) < 4.78 is 101. The summed E-state index contributed by atoms with van der Waals surface area (Å²) >= 11 is 12.4. The van der Waals surface area contributed by atoms with Crippen molar-refractivity contribution in [3.63, 3.8) is 0 Å². The summed E-state index contributed by atoms with van der Waals surface area (Å²) in [5.74, 6) is 0.0562. The Kier molecular flexibility index (Phi) is 8.92. The molecule has 0 aliphatic heterocycles. The second-order valence-electron chi connectivity index (χ2n) is 9.12. The molecule has 2 aromatic heterocycles. The van der Waals surface area contributed by atoms with E-state index < -0.39 is 55.8 Å². The first-order valence-electron chi connectivity index (χ1n) is 12.1. The van der Waals surface area contributed by atoms with E-state index in [1.165, 1.54) is 0 Å². The van der Waals surface area contributed by atoms with Gasteiger partial charge in [-0.25, -0.2) is 0 Å². The Morgan fingerprint density at radius 2 is 1.38 bits per heavy atom. The van der Waals surface area contributed by atoms with Crippen molar-refractivity contribution in [2.45, 2.75) is 14.7 Å². The number of thiophene rings is 1. The van der Waals surface area contributed by atoms with Crippen LogP contribution in [0.4, 0.5) is 27.3 Å². The topological polar surface area (TPSA) is 288 Å². The maximum atomic E-state index is 12.3. The third-order valence-electron chi connectivity index (χ3n) is 6.10. The van der Waals surface area contributed by atoms with Gasteiger partial charge in [0.25, 0.3) is 30.4 Å². The highest BCUT2D eigenvalue weighted by Gasteiger charge is 2.26. The van der Waals surface area contributed by atoms with Gasteiger partial charge in [-0.15, -0.1) is 10.2 Å². The first-order chi connectivity index (χ1) is 21.8. The second-order valence-corrected chi connectivity index (χ2v) is 15.0. The van der Waals surface area contributed by atoms with E-state index in [2.05, 4.69) is 30.5 Å². The molecule has 0 saturated carbocycles. The van der Waals surface area contributed by atoms with Crippen LogP contribution in [0.2, 0.25) is 10.6 Å². The summed E-state index contributed by atoms with van der Waals surface area (Å²) in [6.45, 7) is 0. The average Bonchev–Trinajstić information content (AvgIpc) is 3.28. The number of nitrogens with two attached hydrogens (primary N) is 1. The van der Waals surface area contributed by atoms with Crippen molar-refractivity contribution in [3.05, 3.63) is 64.7 Å². The van der Waals surface area contributed by atoms with Crippen molar-refractivity contribution < 1.29 is 38.9 Å². The second kappa shape index (κ2) is 12.3. The number of hydrogen-bond acceptors (Lipinski definition) is 15. The Bertz CT molecular complexity index is 2500. The first-order valence-corrected chi connectivity index (χ1v) is 18.0. The van der Waals surface area contributed by atoms with Crippen LogP contribution < -0.4 is 11.1 Å². The minimum absolute atomic E-state index is 0.0317. The fourth-order valence-corrected chi connectivity index (χ4v) is 7.48. The van der Waals surface area contributed by atoms with Gasteiger partial charge in [0.05, 0.1) is 16.1 Å².